The minimum Gasteiger partial charge on any atom is -0.0917 e. The molecule has 3 aliphatic rings. The molecule has 0 unspecified atom stereocenters. The van der Waals surface area contributed by atoms with Crippen molar-refractivity contribution >= 4 is 0 Å². The van der Waals surface area contributed by atoms with Crippen molar-refractivity contribution < 1.29 is 0 Å². The standard InChI is InChI=1S/C26H44/c1-3-4-5-6-22-9-11-23(12-10-22)13-14-24-15-19-26(20-16-24)25-17-7-21(2)8-18-25/h3-4,13-14,21-26H,5-12,15-20H2,1-2H3/b4-3+,14-13+. The van der Waals surface area contributed by atoms with Crippen molar-refractivity contribution in [2.45, 2.75) is 104 Å². The van der Waals surface area contributed by atoms with E-state index in [-0.39, 0.29) is 0 Å². The van der Waals surface area contributed by atoms with Crippen molar-refractivity contribution in [3.05, 3.63) is 24.3 Å². The number of allylic oxidation sites excluding steroid dienone is 4. The summed E-state index contributed by atoms with van der Waals surface area (Å²) in [5, 5.41) is 0. The van der Waals surface area contributed by atoms with Gasteiger partial charge >= 0.3 is 0 Å². The Bertz CT molecular complexity index is 421. The van der Waals surface area contributed by atoms with E-state index in [1.165, 1.54) is 89.9 Å². The summed E-state index contributed by atoms with van der Waals surface area (Å²) in [5.74, 6) is 5.95. The fourth-order valence-electron chi connectivity index (χ4n) is 6.05. The molecule has 0 amide bonds. The molecule has 0 heterocycles. The lowest BCUT2D eigenvalue weighted by atomic mass is 9.69. The first kappa shape index (κ1) is 20.2. The van der Waals surface area contributed by atoms with Crippen LogP contribution in [0.2, 0.25) is 0 Å². The Morgan fingerprint density at radius 2 is 1.15 bits per heavy atom. The van der Waals surface area contributed by atoms with Crippen LogP contribution in [0.3, 0.4) is 0 Å². The van der Waals surface area contributed by atoms with Gasteiger partial charge in [0.2, 0.25) is 0 Å². The molecule has 0 aromatic rings. The van der Waals surface area contributed by atoms with E-state index >= 15 is 0 Å². The third kappa shape index (κ3) is 6.28. The Balaban J connectivity index is 1.32. The molecule has 0 spiro atoms. The van der Waals surface area contributed by atoms with Gasteiger partial charge in [0.15, 0.2) is 0 Å². The van der Waals surface area contributed by atoms with Gasteiger partial charge in [-0.1, -0.05) is 44.1 Å². The van der Waals surface area contributed by atoms with Crippen molar-refractivity contribution in [1.82, 2.24) is 0 Å². The molecular formula is C26H44. The molecule has 3 rings (SSSR count). The highest BCUT2D eigenvalue weighted by Crippen LogP contribution is 2.42. The zero-order valence-electron chi connectivity index (χ0n) is 17.7. The van der Waals surface area contributed by atoms with Crippen LogP contribution in [0.25, 0.3) is 0 Å². The summed E-state index contributed by atoms with van der Waals surface area (Å²) in [6.07, 6.45) is 30.5. The summed E-state index contributed by atoms with van der Waals surface area (Å²) in [6, 6.07) is 0. The van der Waals surface area contributed by atoms with Crippen LogP contribution in [0.15, 0.2) is 24.3 Å². The van der Waals surface area contributed by atoms with Gasteiger partial charge in [-0.3, -0.25) is 0 Å². The Morgan fingerprint density at radius 3 is 1.69 bits per heavy atom. The monoisotopic (exact) mass is 356 g/mol. The summed E-state index contributed by atoms with van der Waals surface area (Å²) in [5.41, 5.74) is 0. The second-order valence-electron chi connectivity index (χ2n) is 10.0. The molecule has 0 radical (unpaired) electrons. The van der Waals surface area contributed by atoms with Gasteiger partial charge in [0.05, 0.1) is 0 Å². The molecule has 0 aromatic heterocycles. The summed E-state index contributed by atoms with van der Waals surface area (Å²) in [4.78, 5) is 0. The van der Waals surface area contributed by atoms with Gasteiger partial charge in [0.25, 0.3) is 0 Å². The molecule has 3 aliphatic carbocycles. The Kier molecular flexibility index (Phi) is 8.34. The maximum absolute atomic E-state index is 2.64. The molecule has 0 nitrogen and oxygen atoms in total. The largest absolute Gasteiger partial charge is 0.0917 e. The first-order valence-corrected chi connectivity index (χ1v) is 12.0. The third-order valence-corrected chi connectivity index (χ3v) is 8.07. The molecule has 3 fully saturated rings. The lowest BCUT2D eigenvalue weighted by Crippen LogP contribution is -2.24. The van der Waals surface area contributed by atoms with E-state index in [4.69, 9.17) is 0 Å². The molecule has 0 saturated heterocycles. The molecule has 26 heavy (non-hydrogen) atoms. The summed E-state index contributed by atoms with van der Waals surface area (Å²) in [6.45, 7) is 4.60. The average Bonchev–Trinajstić information content (AvgIpc) is 2.69. The maximum Gasteiger partial charge on any atom is -0.0233 e. The zero-order valence-corrected chi connectivity index (χ0v) is 17.7. The van der Waals surface area contributed by atoms with Crippen LogP contribution in [0, 0.1) is 35.5 Å². The highest BCUT2D eigenvalue weighted by atomic mass is 14.3. The topological polar surface area (TPSA) is 0 Å². The van der Waals surface area contributed by atoms with E-state index in [0.717, 1.165) is 35.5 Å². The van der Waals surface area contributed by atoms with E-state index in [1.807, 2.05) is 0 Å². The minimum atomic E-state index is 0.894. The van der Waals surface area contributed by atoms with E-state index in [2.05, 4.69) is 38.2 Å². The third-order valence-electron chi connectivity index (χ3n) is 8.07. The fourth-order valence-corrected chi connectivity index (χ4v) is 6.05. The highest BCUT2D eigenvalue weighted by molar-refractivity contribution is 4.97. The summed E-state index contributed by atoms with van der Waals surface area (Å²) >= 11 is 0. The first-order chi connectivity index (χ1) is 12.7. The van der Waals surface area contributed by atoms with E-state index in [0.29, 0.717) is 0 Å². The molecule has 0 N–H and O–H groups in total. The molecule has 0 atom stereocenters. The SMILES string of the molecule is C/C=C/CCC1CCC(/C=C/C2CCC(C3CCC(C)CC3)CC2)CC1. The van der Waals surface area contributed by atoms with Crippen LogP contribution in [-0.2, 0) is 0 Å². The number of hydrogen-bond donors (Lipinski definition) is 0. The van der Waals surface area contributed by atoms with Gasteiger partial charge in [-0.25, -0.2) is 0 Å². The van der Waals surface area contributed by atoms with Crippen LogP contribution in [0.5, 0.6) is 0 Å². The van der Waals surface area contributed by atoms with E-state index < -0.39 is 0 Å². The highest BCUT2D eigenvalue weighted by Gasteiger charge is 2.29. The normalized spacial score (nSPS) is 39.6. The molecule has 0 aromatic carbocycles. The van der Waals surface area contributed by atoms with Gasteiger partial charge in [-0.05, 0) is 119 Å². The van der Waals surface area contributed by atoms with Gasteiger partial charge in [0.1, 0.15) is 0 Å². The molecule has 0 heteroatoms. The van der Waals surface area contributed by atoms with Crippen molar-refractivity contribution in [3.8, 4) is 0 Å². The Labute approximate surface area is 163 Å². The predicted molar refractivity (Wildman–Crippen MR) is 115 cm³/mol. The molecule has 148 valence electrons. The minimum absolute atomic E-state index is 0.894. The lowest BCUT2D eigenvalue weighted by molar-refractivity contribution is 0.160. The van der Waals surface area contributed by atoms with Gasteiger partial charge in [-0.2, -0.15) is 0 Å². The average molecular weight is 357 g/mol. The van der Waals surface area contributed by atoms with E-state index in [9.17, 15) is 0 Å². The van der Waals surface area contributed by atoms with E-state index in [1.54, 1.807) is 0 Å². The fraction of sp³-hybridized carbons (Fsp3) is 0.846. The van der Waals surface area contributed by atoms with Gasteiger partial charge in [-0.15, -0.1) is 0 Å². The molecule has 0 aliphatic heterocycles. The van der Waals surface area contributed by atoms with Crippen molar-refractivity contribution in [1.29, 1.82) is 0 Å². The molecular weight excluding hydrogens is 312 g/mol. The first-order valence-electron chi connectivity index (χ1n) is 12.0. The van der Waals surface area contributed by atoms with Gasteiger partial charge in [0, 0.05) is 0 Å². The van der Waals surface area contributed by atoms with Crippen LogP contribution >= 0.6 is 0 Å². The molecule has 0 bridgehead atoms. The van der Waals surface area contributed by atoms with Crippen LogP contribution < -0.4 is 0 Å². The smallest absolute Gasteiger partial charge is 0.0233 e. The number of hydrogen-bond acceptors (Lipinski definition) is 0. The predicted octanol–water partition coefficient (Wildman–Crippen LogP) is 8.34. The van der Waals surface area contributed by atoms with Gasteiger partial charge < -0.3 is 0 Å². The zero-order chi connectivity index (χ0) is 18.2. The quantitative estimate of drug-likeness (QED) is 0.419. The second-order valence-corrected chi connectivity index (χ2v) is 10.0. The summed E-state index contributed by atoms with van der Waals surface area (Å²) < 4.78 is 0. The van der Waals surface area contributed by atoms with Crippen LogP contribution in [0.1, 0.15) is 104 Å². The Hall–Kier alpha value is -0.520. The second kappa shape index (κ2) is 10.7. The van der Waals surface area contributed by atoms with Crippen molar-refractivity contribution in [2.24, 2.45) is 35.5 Å². The maximum atomic E-state index is 2.64. The Morgan fingerprint density at radius 1 is 0.654 bits per heavy atom. The van der Waals surface area contributed by atoms with Crippen molar-refractivity contribution in [3.63, 3.8) is 0 Å². The number of rotatable bonds is 6. The summed E-state index contributed by atoms with van der Waals surface area (Å²) in [7, 11) is 0. The lowest BCUT2D eigenvalue weighted by Gasteiger charge is -2.36. The van der Waals surface area contributed by atoms with Crippen LogP contribution in [-0.4, -0.2) is 0 Å². The van der Waals surface area contributed by atoms with Crippen molar-refractivity contribution in [2.75, 3.05) is 0 Å². The van der Waals surface area contributed by atoms with Crippen LogP contribution in [0.4, 0.5) is 0 Å². The molecule has 3 saturated carbocycles.